The van der Waals surface area contributed by atoms with E-state index >= 15 is 0 Å². The van der Waals surface area contributed by atoms with Gasteiger partial charge >= 0.3 is 5.97 Å². The van der Waals surface area contributed by atoms with Gasteiger partial charge in [0.15, 0.2) is 0 Å². The van der Waals surface area contributed by atoms with E-state index in [-0.39, 0.29) is 5.56 Å². The fraction of sp³-hybridized carbons (Fsp3) is 0.300. The van der Waals surface area contributed by atoms with Gasteiger partial charge in [-0.15, -0.1) is 0 Å². The van der Waals surface area contributed by atoms with Gasteiger partial charge in [-0.25, -0.2) is 4.79 Å². The number of hydrogen-bond donors (Lipinski definition) is 2. The number of ether oxygens (including phenoxy) is 1. The molecular weight excluding hydrogens is 346 g/mol. The highest BCUT2D eigenvalue weighted by atomic mass is 16.5. The summed E-state index contributed by atoms with van der Waals surface area (Å²) in [5, 5.41) is 16.4. The van der Waals surface area contributed by atoms with Crippen LogP contribution in [0.15, 0.2) is 53.1 Å². The van der Waals surface area contributed by atoms with Crippen molar-refractivity contribution in [3.05, 3.63) is 65.7 Å². The zero-order valence-electron chi connectivity index (χ0n) is 15.0. The number of hydrogen-bond acceptors (Lipinski definition) is 5. The molecule has 0 radical (unpaired) electrons. The second-order valence-electron chi connectivity index (χ2n) is 6.88. The van der Waals surface area contributed by atoms with Crippen molar-refractivity contribution in [1.82, 2.24) is 15.1 Å². The van der Waals surface area contributed by atoms with Gasteiger partial charge in [0, 0.05) is 24.8 Å². The number of aromatic nitrogens is 2. The lowest BCUT2D eigenvalue weighted by Gasteiger charge is -2.39. The molecule has 4 rings (SSSR count). The number of aromatic amines is 1. The summed E-state index contributed by atoms with van der Waals surface area (Å²) in [6, 6.07) is 12.5. The molecule has 0 bridgehead atoms. The summed E-state index contributed by atoms with van der Waals surface area (Å²) in [5.41, 5.74) is 1.32. The first-order valence-corrected chi connectivity index (χ1v) is 8.83. The van der Waals surface area contributed by atoms with Crippen molar-refractivity contribution >= 4 is 5.97 Å². The highest BCUT2D eigenvalue weighted by molar-refractivity contribution is 5.95. The van der Waals surface area contributed by atoms with Gasteiger partial charge in [0.2, 0.25) is 0 Å². The third-order valence-electron chi connectivity index (χ3n) is 4.89. The monoisotopic (exact) mass is 367 g/mol. The van der Waals surface area contributed by atoms with Crippen LogP contribution in [-0.4, -0.2) is 45.9 Å². The Morgan fingerprint density at radius 1 is 1.30 bits per heavy atom. The number of H-pyrrole nitrogens is 1. The SMILES string of the molecule is C[C@@]1(c2ccn[nH]2)CN(Cc2ccc(-c3ccccc3C(=O)O)o2)CCO1. The molecule has 1 fully saturated rings. The topological polar surface area (TPSA) is 91.6 Å². The predicted octanol–water partition coefficient (Wildman–Crippen LogP) is 3.12. The van der Waals surface area contributed by atoms with Crippen LogP contribution < -0.4 is 0 Å². The van der Waals surface area contributed by atoms with E-state index in [2.05, 4.69) is 15.1 Å². The Labute approximate surface area is 156 Å². The van der Waals surface area contributed by atoms with E-state index in [9.17, 15) is 9.90 Å². The molecule has 1 saturated heterocycles. The Balaban J connectivity index is 1.51. The van der Waals surface area contributed by atoms with E-state index in [1.54, 1.807) is 24.4 Å². The van der Waals surface area contributed by atoms with E-state index in [1.165, 1.54) is 0 Å². The molecule has 7 nitrogen and oxygen atoms in total. The Hall–Kier alpha value is -2.90. The normalized spacial score (nSPS) is 20.6. The largest absolute Gasteiger partial charge is 0.478 e. The van der Waals surface area contributed by atoms with Crippen molar-refractivity contribution in [3.63, 3.8) is 0 Å². The Morgan fingerprint density at radius 2 is 2.15 bits per heavy atom. The molecule has 1 aromatic carbocycles. The second-order valence-corrected chi connectivity index (χ2v) is 6.88. The van der Waals surface area contributed by atoms with Gasteiger partial charge in [-0.1, -0.05) is 18.2 Å². The van der Waals surface area contributed by atoms with Gasteiger partial charge in [-0.3, -0.25) is 10.00 Å². The van der Waals surface area contributed by atoms with Crippen LogP contribution in [0, 0.1) is 0 Å². The van der Waals surface area contributed by atoms with E-state index in [4.69, 9.17) is 9.15 Å². The molecule has 2 N–H and O–H groups in total. The van der Waals surface area contributed by atoms with Crippen LogP contribution in [0.4, 0.5) is 0 Å². The number of benzene rings is 1. The number of nitrogens with one attached hydrogen (secondary N) is 1. The fourth-order valence-electron chi connectivity index (χ4n) is 3.51. The van der Waals surface area contributed by atoms with Crippen LogP contribution in [0.5, 0.6) is 0 Å². The van der Waals surface area contributed by atoms with Crippen molar-refractivity contribution < 1.29 is 19.1 Å². The maximum absolute atomic E-state index is 11.4. The standard InChI is InChI=1S/C20H21N3O4/c1-20(18-8-9-21-22-18)13-23(10-11-26-20)12-14-6-7-17(27-14)15-4-2-3-5-16(15)19(24)25/h2-9H,10-13H2,1H3,(H,21,22)(H,24,25)/t20-/m0/s1. The zero-order valence-corrected chi connectivity index (χ0v) is 15.0. The summed E-state index contributed by atoms with van der Waals surface area (Å²) >= 11 is 0. The molecule has 0 amide bonds. The third-order valence-corrected chi connectivity index (χ3v) is 4.89. The van der Waals surface area contributed by atoms with Crippen LogP contribution >= 0.6 is 0 Å². The van der Waals surface area contributed by atoms with Gasteiger partial charge in [-0.2, -0.15) is 5.10 Å². The van der Waals surface area contributed by atoms with Crippen molar-refractivity contribution in [2.24, 2.45) is 0 Å². The smallest absolute Gasteiger partial charge is 0.336 e. The average molecular weight is 367 g/mol. The molecule has 3 aromatic rings. The molecule has 0 saturated carbocycles. The van der Waals surface area contributed by atoms with Gasteiger partial charge in [0.1, 0.15) is 17.1 Å². The minimum absolute atomic E-state index is 0.233. The summed E-state index contributed by atoms with van der Waals surface area (Å²) in [4.78, 5) is 13.7. The number of carbonyl (C=O) groups is 1. The molecule has 1 aliphatic rings. The first-order valence-electron chi connectivity index (χ1n) is 8.83. The van der Waals surface area contributed by atoms with E-state index in [0.717, 1.165) is 18.0 Å². The summed E-state index contributed by atoms with van der Waals surface area (Å²) in [5.74, 6) is 0.388. The van der Waals surface area contributed by atoms with Crippen LogP contribution in [0.25, 0.3) is 11.3 Å². The average Bonchev–Trinajstić information content (AvgIpc) is 3.34. The zero-order chi connectivity index (χ0) is 18.9. The highest BCUT2D eigenvalue weighted by Gasteiger charge is 2.35. The Morgan fingerprint density at radius 3 is 2.93 bits per heavy atom. The minimum Gasteiger partial charge on any atom is -0.478 e. The summed E-state index contributed by atoms with van der Waals surface area (Å²) in [6.45, 7) is 4.79. The van der Waals surface area contributed by atoms with Crippen molar-refractivity contribution in [1.29, 1.82) is 0 Å². The first kappa shape index (κ1) is 17.5. The van der Waals surface area contributed by atoms with Crippen molar-refractivity contribution in [2.75, 3.05) is 19.7 Å². The number of nitrogens with zero attached hydrogens (tertiary/aromatic N) is 2. The van der Waals surface area contributed by atoms with Crippen LogP contribution in [0.1, 0.15) is 28.7 Å². The van der Waals surface area contributed by atoms with Gasteiger partial charge in [-0.05, 0) is 31.2 Å². The quantitative estimate of drug-likeness (QED) is 0.720. The molecule has 3 heterocycles. The molecule has 1 atom stereocenters. The van der Waals surface area contributed by atoms with Crippen molar-refractivity contribution in [3.8, 4) is 11.3 Å². The van der Waals surface area contributed by atoms with Gasteiger partial charge < -0.3 is 14.3 Å². The lowest BCUT2D eigenvalue weighted by Crippen LogP contribution is -2.47. The molecule has 1 aliphatic heterocycles. The highest BCUT2D eigenvalue weighted by Crippen LogP contribution is 2.30. The summed E-state index contributed by atoms with van der Waals surface area (Å²) < 4.78 is 11.9. The molecule has 2 aromatic heterocycles. The summed E-state index contributed by atoms with van der Waals surface area (Å²) in [7, 11) is 0. The molecule has 0 aliphatic carbocycles. The molecule has 0 spiro atoms. The van der Waals surface area contributed by atoms with Gasteiger partial charge in [0.05, 0.1) is 24.4 Å². The van der Waals surface area contributed by atoms with Crippen LogP contribution in [0.3, 0.4) is 0 Å². The van der Waals surface area contributed by atoms with E-state index < -0.39 is 11.6 Å². The number of morpholine rings is 1. The maximum Gasteiger partial charge on any atom is 0.336 e. The third kappa shape index (κ3) is 3.51. The van der Waals surface area contributed by atoms with Crippen molar-refractivity contribution in [2.45, 2.75) is 19.1 Å². The number of carboxylic acid groups (broad SMARTS) is 1. The molecular formula is C20H21N3O4. The maximum atomic E-state index is 11.4. The lowest BCUT2D eigenvalue weighted by molar-refractivity contribution is -0.108. The minimum atomic E-state index is -0.966. The number of furan rings is 1. The lowest BCUT2D eigenvalue weighted by atomic mass is 10.00. The first-order chi connectivity index (χ1) is 13.0. The Bertz CT molecular complexity index is 934. The second kappa shape index (κ2) is 7.02. The number of carboxylic acids is 1. The van der Waals surface area contributed by atoms with Crippen LogP contribution in [0.2, 0.25) is 0 Å². The summed E-state index contributed by atoms with van der Waals surface area (Å²) in [6.07, 6.45) is 1.72. The molecule has 140 valence electrons. The van der Waals surface area contributed by atoms with E-state index in [1.807, 2.05) is 31.2 Å². The molecule has 7 heteroatoms. The number of rotatable bonds is 5. The Kier molecular flexibility index (Phi) is 4.55. The molecule has 27 heavy (non-hydrogen) atoms. The number of aromatic carboxylic acids is 1. The fourth-order valence-corrected chi connectivity index (χ4v) is 3.51. The predicted molar refractivity (Wildman–Crippen MR) is 98.3 cm³/mol. The van der Waals surface area contributed by atoms with Crippen LogP contribution in [-0.2, 0) is 16.9 Å². The van der Waals surface area contributed by atoms with Gasteiger partial charge in [0.25, 0.3) is 0 Å². The molecule has 0 unspecified atom stereocenters. The van der Waals surface area contributed by atoms with E-state index in [0.29, 0.717) is 31.0 Å².